The van der Waals surface area contributed by atoms with E-state index in [0.29, 0.717) is 6.42 Å². The number of esters is 1. The zero-order valence-electron chi connectivity index (χ0n) is 13.0. The van der Waals surface area contributed by atoms with Crippen LogP contribution in [0.5, 0.6) is 0 Å². The van der Waals surface area contributed by atoms with Crippen molar-refractivity contribution in [1.29, 1.82) is 0 Å². The minimum atomic E-state index is -0.971. The second kappa shape index (κ2) is 6.48. The molecule has 2 rings (SSSR count). The molecule has 22 heavy (non-hydrogen) atoms. The third-order valence-corrected chi connectivity index (χ3v) is 4.22. The van der Waals surface area contributed by atoms with Crippen molar-refractivity contribution in [3.63, 3.8) is 0 Å². The summed E-state index contributed by atoms with van der Waals surface area (Å²) in [6.07, 6.45) is 0.218. The van der Waals surface area contributed by atoms with E-state index in [4.69, 9.17) is 4.74 Å². The van der Waals surface area contributed by atoms with Crippen LogP contribution in [0.25, 0.3) is 10.1 Å². The molecule has 4 nitrogen and oxygen atoms in total. The normalized spacial score (nSPS) is 13.0. The summed E-state index contributed by atoms with van der Waals surface area (Å²) in [5.74, 6) is -2.21. The third kappa shape index (κ3) is 4.31. The highest BCUT2D eigenvalue weighted by Gasteiger charge is 2.26. The van der Waals surface area contributed by atoms with E-state index in [1.165, 1.54) is 0 Å². The Labute approximate surface area is 133 Å². The molecule has 0 amide bonds. The van der Waals surface area contributed by atoms with Crippen molar-refractivity contribution < 1.29 is 19.4 Å². The summed E-state index contributed by atoms with van der Waals surface area (Å²) < 4.78 is 6.35. The average Bonchev–Trinajstić information content (AvgIpc) is 2.79. The van der Waals surface area contributed by atoms with E-state index in [0.717, 1.165) is 15.6 Å². The summed E-state index contributed by atoms with van der Waals surface area (Å²) in [5.41, 5.74) is 0.367. The monoisotopic (exact) mass is 320 g/mol. The molecule has 0 saturated carbocycles. The Morgan fingerprint density at radius 2 is 1.95 bits per heavy atom. The van der Waals surface area contributed by atoms with Crippen LogP contribution in [-0.2, 0) is 20.7 Å². The highest BCUT2D eigenvalue weighted by atomic mass is 32.1. The van der Waals surface area contributed by atoms with Crippen molar-refractivity contribution in [3.8, 4) is 0 Å². The maximum Gasteiger partial charge on any atom is 0.307 e. The van der Waals surface area contributed by atoms with Gasteiger partial charge in [0.1, 0.15) is 5.60 Å². The molecule has 0 spiro atoms. The Bertz CT molecular complexity index is 681. The van der Waals surface area contributed by atoms with E-state index in [1.54, 1.807) is 32.1 Å². The van der Waals surface area contributed by atoms with E-state index in [2.05, 4.69) is 0 Å². The van der Waals surface area contributed by atoms with Crippen LogP contribution in [0.2, 0.25) is 0 Å². The van der Waals surface area contributed by atoms with Crippen LogP contribution in [0, 0.1) is 5.92 Å². The molecule has 1 heterocycles. The van der Waals surface area contributed by atoms with Gasteiger partial charge in [0.05, 0.1) is 12.3 Å². The van der Waals surface area contributed by atoms with E-state index in [-0.39, 0.29) is 6.42 Å². The lowest BCUT2D eigenvalue weighted by molar-refractivity contribution is -0.159. The molecule has 0 aliphatic heterocycles. The Morgan fingerprint density at radius 1 is 1.27 bits per heavy atom. The maximum atomic E-state index is 11.9. The largest absolute Gasteiger partial charge is 0.481 e. The number of ether oxygens (including phenoxy) is 1. The number of rotatable bonds is 5. The first kappa shape index (κ1) is 16.5. The number of carboxylic acids is 1. The Balaban J connectivity index is 2.12. The molecule has 0 saturated heterocycles. The highest BCUT2D eigenvalue weighted by Crippen LogP contribution is 2.28. The lowest BCUT2D eigenvalue weighted by Gasteiger charge is -2.21. The maximum absolute atomic E-state index is 11.9. The van der Waals surface area contributed by atoms with Crippen LogP contribution in [-0.4, -0.2) is 22.6 Å². The number of hydrogen-bond acceptors (Lipinski definition) is 4. The molecular formula is C17H20O4S. The molecule has 0 aliphatic rings. The number of carbonyl (C=O) groups is 2. The first-order valence-electron chi connectivity index (χ1n) is 7.16. The van der Waals surface area contributed by atoms with Gasteiger partial charge in [-0.15, -0.1) is 11.3 Å². The zero-order valence-corrected chi connectivity index (χ0v) is 13.8. The smallest absolute Gasteiger partial charge is 0.307 e. The second-order valence-corrected chi connectivity index (χ2v) is 7.20. The van der Waals surface area contributed by atoms with Crippen molar-refractivity contribution in [2.24, 2.45) is 5.92 Å². The van der Waals surface area contributed by atoms with Gasteiger partial charge >= 0.3 is 11.9 Å². The molecule has 118 valence electrons. The molecule has 1 aromatic heterocycles. The van der Waals surface area contributed by atoms with Gasteiger partial charge in [-0.2, -0.15) is 0 Å². The van der Waals surface area contributed by atoms with Crippen LogP contribution in [0.15, 0.2) is 29.6 Å². The molecule has 0 bridgehead atoms. The van der Waals surface area contributed by atoms with E-state index < -0.39 is 23.5 Å². The summed E-state index contributed by atoms with van der Waals surface area (Å²) in [7, 11) is 0. The number of benzene rings is 1. The van der Waals surface area contributed by atoms with Gasteiger partial charge in [-0.3, -0.25) is 9.59 Å². The fraction of sp³-hybridized carbons (Fsp3) is 0.412. The summed E-state index contributed by atoms with van der Waals surface area (Å²) in [5, 5.41) is 12.4. The molecule has 0 aliphatic carbocycles. The Kier molecular flexibility index (Phi) is 4.86. The van der Waals surface area contributed by atoms with Crippen molar-refractivity contribution in [2.45, 2.75) is 39.2 Å². The van der Waals surface area contributed by atoms with Gasteiger partial charge in [0.15, 0.2) is 0 Å². The van der Waals surface area contributed by atoms with Gasteiger partial charge in [0.2, 0.25) is 0 Å². The van der Waals surface area contributed by atoms with Crippen LogP contribution >= 0.6 is 11.3 Å². The van der Waals surface area contributed by atoms with Gasteiger partial charge in [-0.25, -0.2) is 0 Å². The Hall–Kier alpha value is -1.88. The summed E-state index contributed by atoms with van der Waals surface area (Å²) in [6, 6.07) is 7.88. The van der Waals surface area contributed by atoms with E-state index in [1.807, 2.05) is 29.6 Å². The molecule has 0 radical (unpaired) electrons. The summed E-state index contributed by atoms with van der Waals surface area (Å²) >= 11 is 1.59. The van der Waals surface area contributed by atoms with Crippen molar-refractivity contribution in [3.05, 3.63) is 35.2 Å². The van der Waals surface area contributed by atoms with Crippen LogP contribution in [0.4, 0.5) is 0 Å². The SMILES string of the molecule is CC(C)(C)OC(=O)CC(Cc1csc2ccccc12)C(=O)O. The lowest BCUT2D eigenvalue weighted by atomic mass is 9.96. The molecular weight excluding hydrogens is 300 g/mol. The topological polar surface area (TPSA) is 63.6 Å². The predicted molar refractivity (Wildman–Crippen MR) is 87.1 cm³/mol. The molecule has 1 aromatic carbocycles. The van der Waals surface area contributed by atoms with Crippen LogP contribution < -0.4 is 0 Å². The summed E-state index contributed by atoms with van der Waals surface area (Å²) in [4.78, 5) is 23.3. The minimum Gasteiger partial charge on any atom is -0.481 e. The standard InChI is InChI=1S/C17H20O4S/c1-17(2,3)21-15(18)9-11(16(19)20)8-12-10-22-14-7-5-4-6-13(12)14/h4-7,10-11H,8-9H2,1-3H3,(H,19,20). The van der Waals surface area contributed by atoms with Crippen molar-refractivity contribution in [2.75, 3.05) is 0 Å². The highest BCUT2D eigenvalue weighted by molar-refractivity contribution is 7.17. The zero-order chi connectivity index (χ0) is 16.3. The predicted octanol–water partition coefficient (Wildman–Crippen LogP) is 3.88. The quantitative estimate of drug-likeness (QED) is 0.849. The molecule has 1 N–H and O–H groups in total. The Morgan fingerprint density at radius 3 is 2.59 bits per heavy atom. The third-order valence-electron chi connectivity index (χ3n) is 3.21. The number of thiophene rings is 1. The fourth-order valence-electron chi connectivity index (χ4n) is 2.29. The number of fused-ring (bicyclic) bond motifs is 1. The van der Waals surface area contributed by atoms with Gasteiger partial charge in [0, 0.05) is 4.70 Å². The summed E-state index contributed by atoms with van der Waals surface area (Å²) in [6.45, 7) is 5.31. The van der Waals surface area contributed by atoms with Crippen molar-refractivity contribution in [1.82, 2.24) is 0 Å². The molecule has 1 unspecified atom stereocenters. The lowest BCUT2D eigenvalue weighted by Crippen LogP contribution is -2.28. The van der Waals surface area contributed by atoms with Gasteiger partial charge < -0.3 is 9.84 Å². The number of carbonyl (C=O) groups excluding carboxylic acids is 1. The molecule has 0 fully saturated rings. The van der Waals surface area contributed by atoms with Gasteiger partial charge in [-0.05, 0) is 49.6 Å². The molecule has 1 atom stereocenters. The van der Waals surface area contributed by atoms with Crippen LogP contribution in [0.3, 0.4) is 0 Å². The van der Waals surface area contributed by atoms with Crippen LogP contribution in [0.1, 0.15) is 32.8 Å². The average molecular weight is 320 g/mol. The van der Waals surface area contributed by atoms with Gasteiger partial charge in [0.25, 0.3) is 0 Å². The number of aliphatic carboxylic acids is 1. The number of carboxylic acid groups (broad SMARTS) is 1. The fourth-order valence-corrected chi connectivity index (χ4v) is 3.26. The molecule has 5 heteroatoms. The first-order chi connectivity index (χ1) is 10.3. The second-order valence-electron chi connectivity index (χ2n) is 6.29. The van der Waals surface area contributed by atoms with E-state index in [9.17, 15) is 14.7 Å². The van der Waals surface area contributed by atoms with Crippen molar-refractivity contribution >= 4 is 33.4 Å². The number of hydrogen-bond donors (Lipinski definition) is 1. The molecule has 2 aromatic rings. The minimum absolute atomic E-state index is 0.114. The van der Waals surface area contributed by atoms with E-state index >= 15 is 0 Å². The van der Waals surface area contributed by atoms with Gasteiger partial charge in [-0.1, -0.05) is 18.2 Å². The first-order valence-corrected chi connectivity index (χ1v) is 8.04.